The van der Waals surface area contributed by atoms with Crippen LogP contribution in [0.4, 0.5) is 4.39 Å². The van der Waals surface area contributed by atoms with Gasteiger partial charge in [0, 0.05) is 4.91 Å². The molecule has 0 aliphatic heterocycles. The molecule has 64 valence electrons. The van der Waals surface area contributed by atoms with Gasteiger partial charge in [-0.15, -0.1) is 0 Å². The van der Waals surface area contributed by atoms with Crippen LogP contribution in [-0.4, -0.2) is 6.54 Å². The van der Waals surface area contributed by atoms with Crippen molar-refractivity contribution in [1.82, 2.24) is 0 Å². The highest BCUT2D eigenvalue weighted by atomic mass is 19.1. The molecule has 0 aromatic heterocycles. The summed E-state index contributed by atoms with van der Waals surface area (Å²) in [5.74, 6) is 4.73. The van der Waals surface area contributed by atoms with E-state index >= 15 is 0 Å². The molecule has 0 fully saturated rings. The summed E-state index contributed by atoms with van der Waals surface area (Å²) >= 11 is 0. The van der Waals surface area contributed by atoms with Crippen molar-refractivity contribution in [3.8, 4) is 11.8 Å². The van der Waals surface area contributed by atoms with Crippen LogP contribution in [-0.2, 0) is 0 Å². The zero-order valence-electron chi connectivity index (χ0n) is 6.74. The van der Waals surface area contributed by atoms with Gasteiger partial charge in [0.15, 0.2) is 0 Å². The van der Waals surface area contributed by atoms with Gasteiger partial charge in [-0.2, -0.15) is 0 Å². The van der Waals surface area contributed by atoms with Crippen molar-refractivity contribution < 1.29 is 4.39 Å². The van der Waals surface area contributed by atoms with Gasteiger partial charge in [-0.25, -0.2) is 4.39 Å². The summed E-state index contributed by atoms with van der Waals surface area (Å²) in [5, 5.41) is 3.20. The molecule has 3 nitrogen and oxygen atoms in total. The Labute approximate surface area is 74.8 Å². The predicted molar refractivity (Wildman–Crippen MR) is 47.3 cm³/mol. The molecule has 0 amide bonds. The average molecular weight is 175 g/mol. The van der Waals surface area contributed by atoms with Crippen LogP contribution in [0, 0.1) is 17.7 Å². The number of hydrogen-bond donors (Lipinski definition) is 0. The first-order valence-corrected chi connectivity index (χ1v) is 3.59. The Morgan fingerprint density at radius 3 is 2.92 bits per heavy atom. The van der Waals surface area contributed by atoms with E-state index < -0.39 is 0 Å². The second-order valence-electron chi connectivity index (χ2n) is 2.17. The van der Waals surface area contributed by atoms with Gasteiger partial charge in [0.05, 0.1) is 12.1 Å². The van der Waals surface area contributed by atoms with E-state index in [0.717, 1.165) is 0 Å². The minimum Gasteiger partial charge on any atom is -0.206 e. The van der Waals surface area contributed by atoms with Crippen molar-refractivity contribution in [2.24, 2.45) is 5.11 Å². The number of azide groups is 1. The van der Waals surface area contributed by atoms with Crippen molar-refractivity contribution in [2.75, 3.05) is 6.54 Å². The average Bonchev–Trinajstić information content (AvgIpc) is 2.15. The smallest absolute Gasteiger partial charge is 0.138 e. The van der Waals surface area contributed by atoms with Crippen LogP contribution in [0.5, 0.6) is 0 Å². The van der Waals surface area contributed by atoms with Crippen molar-refractivity contribution in [3.05, 3.63) is 46.1 Å². The van der Waals surface area contributed by atoms with E-state index in [1.165, 1.54) is 6.07 Å². The third-order valence-electron chi connectivity index (χ3n) is 1.31. The topological polar surface area (TPSA) is 48.8 Å². The van der Waals surface area contributed by atoms with Gasteiger partial charge < -0.3 is 0 Å². The Kier molecular flexibility index (Phi) is 3.37. The van der Waals surface area contributed by atoms with Crippen LogP contribution < -0.4 is 0 Å². The van der Waals surface area contributed by atoms with Crippen LogP contribution in [0.2, 0.25) is 0 Å². The lowest BCUT2D eigenvalue weighted by Gasteiger charge is -1.90. The fraction of sp³-hybridized carbons (Fsp3) is 0.111. The first-order chi connectivity index (χ1) is 6.34. The Morgan fingerprint density at radius 1 is 1.46 bits per heavy atom. The molecule has 0 bridgehead atoms. The van der Waals surface area contributed by atoms with Gasteiger partial charge in [-0.1, -0.05) is 29.1 Å². The Hall–Kier alpha value is -1.98. The van der Waals surface area contributed by atoms with E-state index in [0.29, 0.717) is 5.56 Å². The Balaban J connectivity index is 2.77. The van der Waals surface area contributed by atoms with Crippen LogP contribution in [0.3, 0.4) is 0 Å². The maximum absolute atomic E-state index is 12.9. The first-order valence-electron chi connectivity index (χ1n) is 3.59. The molecule has 0 saturated carbocycles. The third-order valence-corrected chi connectivity index (χ3v) is 1.31. The lowest BCUT2D eigenvalue weighted by Crippen LogP contribution is -1.81. The molecule has 4 heteroatoms. The summed E-state index contributed by atoms with van der Waals surface area (Å²) in [7, 11) is 0. The van der Waals surface area contributed by atoms with E-state index in [4.69, 9.17) is 5.53 Å². The Morgan fingerprint density at radius 2 is 2.23 bits per heavy atom. The molecule has 0 spiro atoms. The summed E-state index contributed by atoms with van der Waals surface area (Å²) in [5.41, 5.74) is 8.25. The van der Waals surface area contributed by atoms with Gasteiger partial charge in [0.1, 0.15) is 5.82 Å². The molecular weight excluding hydrogens is 169 g/mol. The molecule has 0 aliphatic rings. The minimum atomic E-state index is -0.365. The molecule has 0 heterocycles. The number of hydrogen-bond acceptors (Lipinski definition) is 1. The second-order valence-corrected chi connectivity index (χ2v) is 2.17. The SMILES string of the molecule is [N-]=[N+]=NCC#Cc1ccccc1F. The molecule has 0 unspecified atom stereocenters. The molecule has 0 aliphatic carbocycles. The number of nitrogens with zero attached hydrogens (tertiary/aromatic N) is 3. The summed E-state index contributed by atoms with van der Waals surface area (Å²) < 4.78 is 12.9. The fourth-order valence-corrected chi connectivity index (χ4v) is 0.764. The van der Waals surface area contributed by atoms with Crippen LogP contribution >= 0.6 is 0 Å². The van der Waals surface area contributed by atoms with Gasteiger partial charge in [-0.3, -0.25) is 0 Å². The van der Waals surface area contributed by atoms with E-state index in [2.05, 4.69) is 21.9 Å². The van der Waals surface area contributed by atoms with E-state index in [1.807, 2.05) is 0 Å². The molecule has 0 saturated heterocycles. The zero-order chi connectivity index (χ0) is 9.52. The van der Waals surface area contributed by atoms with Gasteiger partial charge >= 0.3 is 0 Å². The van der Waals surface area contributed by atoms with Crippen LogP contribution in [0.15, 0.2) is 29.4 Å². The first kappa shape index (κ1) is 9.11. The normalized spacial score (nSPS) is 8.08. The summed E-state index contributed by atoms with van der Waals surface area (Å²) in [6.07, 6.45) is 0. The maximum Gasteiger partial charge on any atom is 0.138 e. The van der Waals surface area contributed by atoms with E-state index in [1.54, 1.807) is 18.2 Å². The van der Waals surface area contributed by atoms with Crippen molar-refractivity contribution >= 4 is 0 Å². The van der Waals surface area contributed by atoms with Gasteiger partial charge in [0.2, 0.25) is 0 Å². The van der Waals surface area contributed by atoms with Gasteiger partial charge in [0.25, 0.3) is 0 Å². The molecular formula is C9H6FN3. The van der Waals surface area contributed by atoms with E-state index in [9.17, 15) is 4.39 Å². The molecule has 1 aromatic carbocycles. The quantitative estimate of drug-likeness (QED) is 0.272. The fourth-order valence-electron chi connectivity index (χ4n) is 0.764. The number of rotatable bonds is 1. The highest BCUT2D eigenvalue weighted by Gasteiger charge is 1.93. The van der Waals surface area contributed by atoms with Crippen molar-refractivity contribution in [2.45, 2.75) is 0 Å². The standard InChI is InChI=1S/C9H6FN3/c10-9-6-2-1-4-8(9)5-3-7-12-13-11/h1-2,4,6H,7H2. The van der Waals surface area contributed by atoms with Gasteiger partial charge in [-0.05, 0) is 17.7 Å². The number of halogens is 1. The lowest BCUT2D eigenvalue weighted by atomic mass is 10.2. The van der Waals surface area contributed by atoms with E-state index in [-0.39, 0.29) is 12.4 Å². The summed E-state index contributed by atoms with van der Waals surface area (Å²) in [6.45, 7) is 0.0604. The predicted octanol–water partition coefficient (Wildman–Crippen LogP) is 2.49. The molecule has 0 atom stereocenters. The maximum atomic E-state index is 12.9. The molecule has 13 heavy (non-hydrogen) atoms. The summed E-state index contributed by atoms with van der Waals surface area (Å²) in [4.78, 5) is 2.52. The Bertz CT molecular complexity index is 397. The monoisotopic (exact) mass is 175 g/mol. The molecule has 0 N–H and O–H groups in total. The molecule has 1 rings (SSSR count). The van der Waals surface area contributed by atoms with Crippen LogP contribution in [0.25, 0.3) is 10.4 Å². The van der Waals surface area contributed by atoms with Crippen molar-refractivity contribution in [3.63, 3.8) is 0 Å². The summed E-state index contributed by atoms with van der Waals surface area (Å²) in [6, 6.07) is 6.19. The molecule has 0 radical (unpaired) electrons. The molecule has 1 aromatic rings. The second kappa shape index (κ2) is 4.81. The third kappa shape index (κ3) is 2.86. The van der Waals surface area contributed by atoms with Crippen molar-refractivity contribution in [1.29, 1.82) is 0 Å². The number of benzene rings is 1. The minimum absolute atomic E-state index is 0.0604. The lowest BCUT2D eigenvalue weighted by molar-refractivity contribution is 0.624. The largest absolute Gasteiger partial charge is 0.206 e. The highest BCUT2D eigenvalue weighted by Crippen LogP contribution is 2.03. The highest BCUT2D eigenvalue weighted by molar-refractivity contribution is 5.35. The van der Waals surface area contributed by atoms with Crippen LogP contribution in [0.1, 0.15) is 5.56 Å². The zero-order valence-corrected chi connectivity index (χ0v) is 6.74.